The standard InChI is InChI=1S/C20H23NO5S/c1-4-18(15-8-6-5-7-9-15)20(23)26-14(2)19(22)16-10-12-17(13-11-16)21-27(3,24)25/h5-14,18,21H,4H2,1-3H3/t14-,18-/m0/s1. The number of Topliss-reactive ketones (excluding diaryl/α,β-unsaturated/α-hetero) is 1. The van der Waals surface area contributed by atoms with Crippen molar-refractivity contribution in [1.82, 2.24) is 0 Å². The summed E-state index contributed by atoms with van der Waals surface area (Å²) >= 11 is 0. The molecule has 0 saturated carbocycles. The van der Waals surface area contributed by atoms with Gasteiger partial charge >= 0.3 is 5.97 Å². The molecule has 2 atom stereocenters. The Morgan fingerprint density at radius 2 is 1.63 bits per heavy atom. The summed E-state index contributed by atoms with van der Waals surface area (Å²) in [6.07, 6.45) is 0.670. The highest BCUT2D eigenvalue weighted by molar-refractivity contribution is 7.92. The Balaban J connectivity index is 2.05. The number of nitrogens with one attached hydrogen (secondary N) is 1. The molecule has 1 N–H and O–H groups in total. The van der Waals surface area contributed by atoms with Gasteiger partial charge in [-0.3, -0.25) is 14.3 Å². The predicted molar refractivity (Wildman–Crippen MR) is 104 cm³/mol. The smallest absolute Gasteiger partial charge is 0.314 e. The lowest BCUT2D eigenvalue weighted by molar-refractivity contribution is -0.148. The van der Waals surface area contributed by atoms with Gasteiger partial charge in [0.2, 0.25) is 15.8 Å². The summed E-state index contributed by atoms with van der Waals surface area (Å²) in [6, 6.07) is 15.3. The van der Waals surface area contributed by atoms with Gasteiger partial charge in [0.1, 0.15) is 0 Å². The van der Waals surface area contributed by atoms with Crippen LogP contribution >= 0.6 is 0 Å². The van der Waals surface area contributed by atoms with E-state index in [-0.39, 0.29) is 5.78 Å². The number of ether oxygens (including phenoxy) is 1. The minimum Gasteiger partial charge on any atom is -0.454 e. The zero-order valence-electron chi connectivity index (χ0n) is 15.5. The fraction of sp³-hybridized carbons (Fsp3) is 0.300. The Hall–Kier alpha value is -2.67. The van der Waals surface area contributed by atoms with Gasteiger partial charge in [-0.2, -0.15) is 0 Å². The molecular formula is C20H23NO5S. The average molecular weight is 389 g/mol. The van der Waals surface area contributed by atoms with E-state index in [1.165, 1.54) is 31.2 Å². The first kappa shape index (κ1) is 20.6. The maximum atomic E-state index is 12.5. The highest BCUT2D eigenvalue weighted by Gasteiger charge is 2.25. The SMILES string of the molecule is CC[C@H](C(=O)O[C@@H](C)C(=O)c1ccc(NS(C)(=O)=O)cc1)c1ccccc1. The van der Waals surface area contributed by atoms with Crippen molar-refractivity contribution >= 4 is 27.5 Å². The second-order valence-electron chi connectivity index (χ2n) is 6.27. The highest BCUT2D eigenvalue weighted by Crippen LogP contribution is 2.22. The molecule has 0 bridgehead atoms. The van der Waals surface area contributed by atoms with Crippen LogP contribution in [0.15, 0.2) is 54.6 Å². The minimum absolute atomic E-state index is 0.335. The molecule has 0 aliphatic rings. The van der Waals surface area contributed by atoms with Crippen LogP contribution in [0.2, 0.25) is 0 Å². The third-order valence-corrected chi connectivity index (χ3v) is 4.64. The number of hydrogen-bond acceptors (Lipinski definition) is 5. The van der Waals surface area contributed by atoms with Crippen LogP contribution in [0.1, 0.15) is 42.1 Å². The summed E-state index contributed by atoms with van der Waals surface area (Å²) in [5.41, 5.74) is 1.54. The Bertz CT molecular complexity index is 892. The van der Waals surface area contributed by atoms with Crippen molar-refractivity contribution in [1.29, 1.82) is 0 Å². The van der Waals surface area contributed by atoms with Crippen molar-refractivity contribution in [2.75, 3.05) is 11.0 Å². The third-order valence-electron chi connectivity index (χ3n) is 4.03. The molecule has 0 radical (unpaired) electrons. The van der Waals surface area contributed by atoms with Gasteiger partial charge in [-0.25, -0.2) is 8.42 Å². The molecule has 0 aliphatic carbocycles. The van der Waals surface area contributed by atoms with Crippen molar-refractivity contribution in [3.63, 3.8) is 0 Å². The molecule has 6 nitrogen and oxygen atoms in total. The van der Waals surface area contributed by atoms with Gasteiger partial charge < -0.3 is 4.74 Å². The summed E-state index contributed by atoms with van der Waals surface area (Å²) in [5, 5.41) is 0. The van der Waals surface area contributed by atoms with Crippen LogP contribution in [0.4, 0.5) is 5.69 Å². The first-order valence-electron chi connectivity index (χ1n) is 8.58. The van der Waals surface area contributed by atoms with Gasteiger partial charge in [-0.1, -0.05) is 37.3 Å². The molecule has 7 heteroatoms. The van der Waals surface area contributed by atoms with E-state index in [0.29, 0.717) is 17.7 Å². The van der Waals surface area contributed by atoms with Crippen LogP contribution < -0.4 is 4.72 Å². The quantitative estimate of drug-likeness (QED) is 0.552. The molecule has 27 heavy (non-hydrogen) atoms. The normalized spacial score (nSPS) is 13.4. The molecule has 0 saturated heterocycles. The zero-order valence-corrected chi connectivity index (χ0v) is 16.3. The molecule has 144 valence electrons. The van der Waals surface area contributed by atoms with E-state index < -0.39 is 28.0 Å². The monoisotopic (exact) mass is 389 g/mol. The Morgan fingerprint density at radius 1 is 1.04 bits per heavy atom. The fourth-order valence-electron chi connectivity index (χ4n) is 2.69. The topological polar surface area (TPSA) is 89.5 Å². The fourth-order valence-corrected chi connectivity index (χ4v) is 3.25. The third kappa shape index (κ3) is 5.92. The van der Waals surface area contributed by atoms with Crippen LogP contribution in [-0.4, -0.2) is 32.5 Å². The van der Waals surface area contributed by atoms with E-state index in [2.05, 4.69) is 4.72 Å². The minimum atomic E-state index is -3.39. The average Bonchev–Trinajstić information content (AvgIpc) is 2.62. The van der Waals surface area contributed by atoms with Crippen molar-refractivity contribution in [3.05, 3.63) is 65.7 Å². The van der Waals surface area contributed by atoms with E-state index in [9.17, 15) is 18.0 Å². The van der Waals surface area contributed by atoms with Crippen LogP contribution in [0.3, 0.4) is 0 Å². The number of rotatable bonds is 8. The number of esters is 1. The second-order valence-corrected chi connectivity index (χ2v) is 8.01. The Kier molecular flexibility index (Phi) is 6.74. The molecule has 0 unspecified atom stereocenters. The number of sulfonamides is 1. The number of carbonyl (C=O) groups excluding carboxylic acids is 2. The first-order chi connectivity index (χ1) is 12.7. The van der Waals surface area contributed by atoms with Gasteiger partial charge in [-0.15, -0.1) is 0 Å². The number of anilines is 1. The number of benzene rings is 2. The zero-order chi connectivity index (χ0) is 20.0. The van der Waals surface area contributed by atoms with Crippen molar-refractivity contribution in [2.24, 2.45) is 0 Å². The second kappa shape index (κ2) is 8.81. The maximum absolute atomic E-state index is 12.5. The van der Waals surface area contributed by atoms with E-state index >= 15 is 0 Å². The lowest BCUT2D eigenvalue weighted by Gasteiger charge is -2.18. The van der Waals surface area contributed by atoms with E-state index in [1.54, 1.807) is 0 Å². The van der Waals surface area contributed by atoms with Crippen molar-refractivity contribution < 1.29 is 22.7 Å². The Labute approximate surface area is 159 Å². The molecule has 0 amide bonds. The molecule has 2 rings (SSSR count). The Morgan fingerprint density at radius 3 is 2.15 bits per heavy atom. The van der Waals surface area contributed by atoms with Gasteiger partial charge in [-0.05, 0) is 43.2 Å². The maximum Gasteiger partial charge on any atom is 0.314 e. The molecule has 0 spiro atoms. The summed E-state index contributed by atoms with van der Waals surface area (Å²) in [5.74, 6) is -1.22. The molecule has 0 aromatic heterocycles. The lowest BCUT2D eigenvalue weighted by atomic mass is 9.96. The van der Waals surface area contributed by atoms with E-state index in [0.717, 1.165) is 11.8 Å². The largest absolute Gasteiger partial charge is 0.454 e. The lowest BCUT2D eigenvalue weighted by Crippen LogP contribution is -2.27. The molecule has 0 heterocycles. The van der Waals surface area contributed by atoms with Crippen LogP contribution in [0.5, 0.6) is 0 Å². The van der Waals surface area contributed by atoms with Crippen molar-refractivity contribution in [3.8, 4) is 0 Å². The molecule has 0 fully saturated rings. The van der Waals surface area contributed by atoms with E-state index in [4.69, 9.17) is 4.74 Å². The summed E-state index contributed by atoms with van der Waals surface area (Å²) < 4.78 is 30.2. The molecule has 2 aromatic carbocycles. The van der Waals surface area contributed by atoms with E-state index in [1.807, 2.05) is 37.3 Å². The van der Waals surface area contributed by atoms with Crippen LogP contribution in [0, 0.1) is 0 Å². The van der Waals surface area contributed by atoms with Gasteiger partial charge in [0.15, 0.2) is 6.10 Å². The highest BCUT2D eigenvalue weighted by atomic mass is 32.2. The first-order valence-corrected chi connectivity index (χ1v) is 10.5. The summed E-state index contributed by atoms with van der Waals surface area (Å²) in [6.45, 7) is 3.42. The van der Waals surface area contributed by atoms with Crippen LogP contribution in [-0.2, 0) is 19.6 Å². The molecule has 0 aliphatic heterocycles. The number of ketones is 1. The number of hydrogen-bond donors (Lipinski definition) is 1. The summed E-state index contributed by atoms with van der Waals surface area (Å²) in [4.78, 5) is 25.0. The summed E-state index contributed by atoms with van der Waals surface area (Å²) in [7, 11) is -3.39. The van der Waals surface area contributed by atoms with Gasteiger partial charge in [0.25, 0.3) is 0 Å². The van der Waals surface area contributed by atoms with Crippen molar-refractivity contribution in [2.45, 2.75) is 32.3 Å². The predicted octanol–water partition coefficient (Wildman–Crippen LogP) is 3.37. The molecular weight excluding hydrogens is 366 g/mol. The van der Waals surface area contributed by atoms with Crippen LogP contribution in [0.25, 0.3) is 0 Å². The number of carbonyl (C=O) groups is 2. The molecule has 2 aromatic rings. The van der Waals surface area contributed by atoms with Gasteiger partial charge in [0, 0.05) is 11.3 Å². The van der Waals surface area contributed by atoms with Gasteiger partial charge in [0.05, 0.1) is 12.2 Å².